The SMILES string of the molecule is Cc1nc(NS(=O)(=O)c2ncn(C)c2Cl)c(Cl)cc1Cl. The highest BCUT2D eigenvalue weighted by Crippen LogP contribution is 2.28. The van der Waals surface area contributed by atoms with E-state index in [0.717, 1.165) is 0 Å². The number of imidazole rings is 1. The summed E-state index contributed by atoms with van der Waals surface area (Å²) in [4.78, 5) is 7.72. The smallest absolute Gasteiger partial charge is 0.283 e. The van der Waals surface area contributed by atoms with Gasteiger partial charge in [0.1, 0.15) is 5.15 Å². The van der Waals surface area contributed by atoms with Crippen LogP contribution in [0.3, 0.4) is 0 Å². The summed E-state index contributed by atoms with van der Waals surface area (Å²) in [6, 6.07) is 1.41. The van der Waals surface area contributed by atoms with Gasteiger partial charge in [0.2, 0.25) is 5.03 Å². The molecule has 2 aromatic heterocycles. The predicted octanol–water partition coefficient (Wildman–Crippen LogP) is 2.88. The molecule has 10 heteroatoms. The Hall–Kier alpha value is -1.02. The first-order valence-electron chi connectivity index (χ1n) is 5.24. The molecule has 108 valence electrons. The van der Waals surface area contributed by atoms with Gasteiger partial charge in [0.05, 0.1) is 22.1 Å². The molecule has 0 saturated heterocycles. The molecule has 0 amide bonds. The van der Waals surface area contributed by atoms with Crippen LogP contribution in [0.5, 0.6) is 0 Å². The van der Waals surface area contributed by atoms with Gasteiger partial charge in [-0.1, -0.05) is 34.8 Å². The van der Waals surface area contributed by atoms with Crippen molar-refractivity contribution in [1.82, 2.24) is 14.5 Å². The summed E-state index contributed by atoms with van der Waals surface area (Å²) in [5, 5.41) is 0.108. The molecule has 2 heterocycles. The molecule has 0 aliphatic carbocycles. The van der Waals surface area contributed by atoms with Crippen LogP contribution in [0.25, 0.3) is 0 Å². The fourth-order valence-electron chi connectivity index (χ4n) is 1.38. The molecule has 0 aliphatic rings. The van der Waals surface area contributed by atoms with Crippen molar-refractivity contribution in [3.63, 3.8) is 0 Å². The molecule has 20 heavy (non-hydrogen) atoms. The average molecular weight is 356 g/mol. The minimum absolute atomic E-state index is 0.0145. The quantitative estimate of drug-likeness (QED) is 0.918. The number of hydrogen-bond acceptors (Lipinski definition) is 4. The lowest BCUT2D eigenvalue weighted by atomic mass is 10.4. The molecule has 0 radical (unpaired) electrons. The van der Waals surface area contributed by atoms with Crippen LogP contribution in [0, 0.1) is 6.92 Å². The van der Waals surface area contributed by atoms with E-state index >= 15 is 0 Å². The second-order valence-electron chi connectivity index (χ2n) is 3.94. The lowest BCUT2D eigenvalue weighted by molar-refractivity contribution is 0.598. The normalized spacial score (nSPS) is 11.7. The van der Waals surface area contributed by atoms with E-state index in [9.17, 15) is 8.42 Å². The van der Waals surface area contributed by atoms with Crippen molar-refractivity contribution in [2.24, 2.45) is 7.05 Å². The molecule has 0 spiro atoms. The topological polar surface area (TPSA) is 76.9 Å². The van der Waals surface area contributed by atoms with Crippen molar-refractivity contribution >= 4 is 50.6 Å². The maximum absolute atomic E-state index is 12.2. The zero-order valence-corrected chi connectivity index (χ0v) is 13.4. The first kappa shape index (κ1) is 15.4. The monoisotopic (exact) mass is 354 g/mol. The molecule has 1 N–H and O–H groups in total. The van der Waals surface area contributed by atoms with Gasteiger partial charge in [-0.2, -0.15) is 8.42 Å². The van der Waals surface area contributed by atoms with Gasteiger partial charge in [0.15, 0.2) is 5.82 Å². The van der Waals surface area contributed by atoms with Crippen molar-refractivity contribution in [1.29, 1.82) is 0 Å². The van der Waals surface area contributed by atoms with Gasteiger partial charge in [0.25, 0.3) is 10.0 Å². The Morgan fingerprint density at radius 1 is 1.25 bits per heavy atom. The second kappa shape index (κ2) is 5.40. The zero-order valence-electron chi connectivity index (χ0n) is 10.4. The predicted molar refractivity (Wildman–Crippen MR) is 78.0 cm³/mol. The van der Waals surface area contributed by atoms with Crippen LogP contribution in [0.4, 0.5) is 5.82 Å². The van der Waals surface area contributed by atoms with E-state index in [2.05, 4.69) is 14.7 Å². The summed E-state index contributed by atoms with van der Waals surface area (Å²) in [7, 11) is -2.40. The minimum atomic E-state index is -3.98. The Morgan fingerprint density at radius 3 is 2.45 bits per heavy atom. The molecule has 0 atom stereocenters. The van der Waals surface area contributed by atoms with Crippen molar-refractivity contribution in [3.8, 4) is 0 Å². The Kier molecular flexibility index (Phi) is 4.15. The number of anilines is 1. The minimum Gasteiger partial charge on any atom is -0.324 e. The Morgan fingerprint density at radius 2 is 1.90 bits per heavy atom. The largest absolute Gasteiger partial charge is 0.324 e. The first-order valence-corrected chi connectivity index (χ1v) is 7.86. The third-order valence-electron chi connectivity index (χ3n) is 2.42. The van der Waals surface area contributed by atoms with Crippen LogP contribution in [-0.2, 0) is 17.1 Å². The third kappa shape index (κ3) is 2.85. The van der Waals surface area contributed by atoms with Crippen molar-refractivity contribution < 1.29 is 8.42 Å². The Balaban J connectivity index is 2.44. The van der Waals surface area contributed by atoms with E-state index in [1.807, 2.05) is 0 Å². The maximum Gasteiger partial charge on any atom is 0.283 e. The van der Waals surface area contributed by atoms with Crippen LogP contribution in [0.1, 0.15) is 5.69 Å². The highest BCUT2D eigenvalue weighted by Gasteiger charge is 2.24. The van der Waals surface area contributed by atoms with Crippen LogP contribution < -0.4 is 4.72 Å². The summed E-state index contributed by atoms with van der Waals surface area (Å²) < 4.78 is 28.0. The molecule has 6 nitrogen and oxygen atoms in total. The lowest BCUT2D eigenvalue weighted by Crippen LogP contribution is -2.15. The van der Waals surface area contributed by atoms with Crippen molar-refractivity contribution in [2.45, 2.75) is 11.9 Å². The zero-order chi connectivity index (χ0) is 15.1. The van der Waals surface area contributed by atoms with Crippen molar-refractivity contribution in [3.05, 3.63) is 33.3 Å². The number of sulfonamides is 1. The fraction of sp³-hybridized carbons (Fsp3) is 0.200. The summed E-state index contributed by atoms with van der Waals surface area (Å²) in [6.45, 7) is 1.63. The number of nitrogens with one attached hydrogen (secondary N) is 1. The molecule has 0 aliphatic heterocycles. The van der Waals surface area contributed by atoms with E-state index in [0.29, 0.717) is 10.7 Å². The highest BCUT2D eigenvalue weighted by molar-refractivity contribution is 7.92. The van der Waals surface area contributed by atoms with E-state index in [1.54, 1.807) is 14.0 Å². The fourth-order valence-corrected chi connectivity index (χ4v) is 3.30. The van der Waals surface area contributed by atoms with Gasteiger partial charge in [-0.25, -0.2) is 9.97 Å². The molecule has 0 fully saturated rings. The number of nitrogens with zero attached hydrogens (tertiary/aromatic N) is 3. The lowest BCUT2D eigenvalue weighted by Gasteiger charge is -2.09. The number of hydrogen-bond donors (Lipinski definition) is 1. The van der Waals surface area contributed by atoms with E-state index < -0.39 is 10.0 Å². The van der Waals surface area contributed by atoms with Gasteiger partial charge in [-0.05, 0) is 13.0 Å². The van der Waals surface area contributed by atoms with E-state index in [4.69, 9.17) is 34.8 Å². The van der Waals surface area contributed by atoms with Crippen LogP contribution >= 0.6 is 34.8 Å². The molecule has 2 rings (SSSR count). The van der Waals surface area contributed by atoms with Crippen LogP contribution in [0.15, 0.2) is 17.4 Å². The van der Waals surface area contributed by atoms with Gasteiger partial charge < -0.3 is 4.57 Å². The Bertz CT molecular complexity index is 773. The molecular formula is C10H9Cl3N4O2S. The number of aryl methyl sites for hydroxylation is 2. The average Bonchev–Trinajstić information content (AvgIpc) is 2.67. The summed E-state index contributed by atoms with van der Waals surface area (Å²) in [6.07, 6.45) is 1.29. The third-order valence-corrected chi connectivity index (χ3v) is 4.92. The van der Waals surface area contributed by atoms with Crippen LogP contribution in [0.2, 0.25) is 15.2 Å². The number of pyridine rings is 1. The number of rotatable bonds is 3. The Labute approximate surface area is 130 Å². The maximum atomic E-state index is 12.2. The first-order chi connectivity index (χ1) is 9.22. The summed E-state index contributed by atoms with van der Waals surface area (Å²) in [5.74, 6) is -0.0321. The second-order valence-corrected chi connectivity index (χ2v) is 6.71. The molecule has 2 aromatic rings. The highest BCUT2D eigenvalue weighted by atomic mass is 35.5. The summed E-state index contributed by atoms with van der Waals surface area (Å²) in [5.41, 5.74) is 0.445. The van der Waals surface area contributed by atoms with Gasteiger partial charge >= 0.3 is 0 Å². The van der Waals surface area contributed by atoms with Crippen molar-refractivity contribution in [2.75, 3.05) is 4.72 Å². The van der Waals surface area contributed by atoms with Gasteiger partial charge in [-0.3, -0.25) is 4.72 Å². The molecule has 0 saturated carbocycles. The molecule has 0 unspecified atom stereocenters. The molecule has 0 bridgehead atoms. The molecule has 0 aromatic carbocycles. The number of halogens is 3. The number of aromatic nitrogens is 3. The van der Waals surface area contributed by atoms with Gasteiger partial charge in [-0.15, -0.1) is 0 Å². The van der Waals surface area contributed by atoms with E-state index in [-0.39, 0.29) is 21.0 Å². The summed E-state index contributed by atoms with van der Waals surface area (Å²) >= 11 is 17.6. The van der Waals surface area contributed by atoms with Crippen LogP contribution in [-0.4, -0.2) is 23.0 Å². The van der Waals surface area contributed by atoms with E-state index in [1.165, 1.54) is 17.0 Å². The van der Waals surface area contributed by atoms with Gasteiger partial charge in [0, 0.05) is 7.05 Å². The molecular weight excluding hydrogens is 347 g/mol. The standard InChI is InChI=1S/C10H9Cl3N4O2S/c1-5-6(11)3-7(12)9(15-5)16-20(18,19)10-8(13)17(2)4-14-10/h3-4H,1-2H3,(H,15,16).